The number of rotatable bonds is 5. The SMILES string of the molecule is Cc1cccc2sc(NC(=O)CCSc3ccc(F)cc3)nc12. The van der Waals surface area contributed by atoms with Gasteiger partial charge in [0.2, 0.25) is 5.91 Å². The minimum Gasteiger partial charge on any atom is -0.302 e. The van der Waals surface area contributed by atoms with Gasteiger partial charge >= 0.3 is 0 Å². The number of anilines is 1. The molecule has 0 unspecified atom stereocenters. The Morgan fingerprint density at radius 3 is 2.78 bits per heavy atom. The molecule has 6 heteroatoms. The van der Waals surface area contributed by atoms with Crippen LogP contribution < -0.4 is 5.32 Å². The molecule has 0 bridgehead atoms. The van der Waals surface area contributed by atoms with Gasteiger partial charge in [-0.05, 0) is 42.8 Å². The maximum absolute atomic E-state index is 12.8. The van der Waals surface area contributed by atoms with Crippen LogP contribution in [-0.2, 0) is 4.79 Å². The first kappa shape index (κ1) is 16.0. The molecule has 1 aromatic heterocycles. The number of thioether (sulfide) groups is 1. The molecule has 0 aliphatic rings. The zero-order valence-corrected chi connectivity index (χ0v) is 14.1. The van der Waals surface area contributed by atoms with Gasteiger partial charge in [0.25, 0.3) is 0 Å². The van der Waals surface area contributed by atoms with Crippen molar-refractivity contribution in [2.75, 3.05) is 11.1 Å². The predicted octanol–water partition coefficient (Wildman–Crippen LogP) is 4.86. The van der Waals surface area contributed by atoms with Crippen LogP contribution in [0.2, 0.25) is 0 Å². The third-order valence-corrected chi connectivity index (χ3v) is 5.23. The molecule has 2 aromatic carbocycles. The van der Waals surface area contributed by atoms with Crippen LogP contribution in [0.4, 0.5) is 9.52 Å². The summed E-state index contributed by atoms with van der Waals surface area (Å²) in [6.07, 6.45) is 0.386. The lowest BCUT2D eigenvalue weighted by Gasteiger charge is -2.02. The minimum atomic E-state index is -0.252. The van der Waals surface area contributed by atoms with Crippen LogP contribution in [0.3, 0.4) is 0 Å². The molecule has 118 valence electrons. The van der Waals surface area contributed by atoms with Crippen LogP contribution in [-0.4, -0.2) is 16.6 Å². The van der Waals surface area contributed by atoms with E-state index in [0.717, 1.165) is 20.7 Å². The van der Waals surface area contributed by atoms with E-state index in [-0.39, 0.29) is 11.7 Å². The summed E-state index contributed by atoms with van der Waals surface area (Å²) in [6, 6.07) is 12.3. The first-order valence-electron chi connectivity index (χ1n) is 7.16. The molecule has 23 heavy (non-hydrogen) atoms. The zero-order chi connectivity index (χ0) is 16.2. The summed E-state index contributed by atoms with van der Waals surface area (Å²) in [7, 11) is 0. The van der Waals surface area contributed by atoms with Crippen LogP contribution >= 0.6 is 23.1 Å². The first-order chi connectivity index (χ1) is 11.1. The van der Waals surface area contributed by atoms with Crippen molar-refractivity contribution in [1.82, 2.24) is 4.98 Å². The van der Waals surface area contributed by atoms with Gasteiger partial charge in [0.05, 0.1) is 10.2 Å². The summed E-state index contributed by atoms with van der Waals surface area (Å²) in [6.45, 7) is 2.01. The van der Waals surface area contributed by atoms with Gasteiger partial charge in [-0.25, -0.2) is 9.37 Å². The first-order valence-corrected chi connectivity index (χ1v) is 8.96. The minimum absolute atomic E-state index is 0.0590. The second-order valence-electron chi connectivity index (χ2n) is 5.04. The van der Waals surface area contributed by atoms with E-state index in [1.807, 2.05) is 25.1 Å². The molecule has 3 aromatic rings. The number of carbonyl (C=O) groups is 1. The fourth-order valence-corrected chi connectivity index (χ4v) is 3.93. The predicted molar refractivity (Wildman–Crippen MR) is 94.7 cm³/mol. The van der Waals surface area contributed by atoms with E-state index in [2.05, 4.69) is 10.3 Å². The number of carbonyl (C=O) groups excluding carboxylic acids is 1. The van der Waals surface area contributed by atoms with Crippen molar-refractivity contribution in [1.29, 1.82) is 0 Å². The Balaban J connectivity index is 1.54. The maximum atomic E-state index is 12.8. The van der Waals surface area contributed by atoms with E-state index in [0.29, 0.717) is 17.3 Å². The van der Waals surface area contributed by atoms with E-state index < -0.39 is 0 Å². The summed E-state index contributed by atoms with van der Waals surface area (Å²) in [5.41, 5.74) is 2.04. The highest BCUT2D eigenvalue weighted by atomic mass is 32.2. The van der Waals surface area contributed by atoms with Crippen LogP contribution in [0.15, 0.2) is 47.4 Å². The second-order valence-corrected chi connectivity index (χ2v) is 7.24. The van der Waals surface area contributed by atoms with Gasteiger partial charge in [-0.3, -0.25) is 4.79 Å². The fourth-order valence-electron chi connectivity index (χ4n) is 2.11. The molecule has 0 fully saturated rings. The van der Waals surface area contributed by atoms with Crippen LogP contribution in [0.1, 0.15) is 12.0 Å². The molecule has 0 atom stereocenters. The molecule has 0 spiro atoms. The highest BCUT2D eigenvalue weighted by Gasteiger charge is 2.09. The number of para-hydroxylation sites is 1. The van der Waals surface area contributed by atoms with Crippen LogP contribution in [0.5, 0.6) is 0 Å². The Hall–Kier alpha value is -1.92. The Kier molecular flexibility index (Phi) is 4.93. The number of halogens is 1. The van der Waals surface area contributed by atoms with E-state index in [1.165, 1.54) is 35.2 Å². The number of amides is 1. The average molecular weight is 346 g/mol. The molecular formula is C17H15FN2OS2. The Bertz CT molecular complexity index is 830. The molecule has 0 aliphatic heterocycles. The second kappa shape index (κ2) is 7.10. The molecule has 1 N–H and O–H groups in total. The lowest BCUT2D eigenvalue weighted by Crippen LogP contribution is -2.11. The van der Waals surface area contributed by atoms with Crippen molar-refractivity contribution >= 4 is 44.4 Å². The number of hydrogen-bond donors (Lipinski definition) is 1. The van der Waals surface area contributed by atoms with Gasteiger partial charge in [0.15, 0.2) is 5.13 Å². The maximum Gasteiger partial charge on any atom is 0.226 e. The summed E-state index contributed by atoms with van der Waals surface area (Å²) in [4.78, 5) is 17.4. The standard InChI is InChI=1S/C17H15FN2OS2/c1-11-3-2-4-14-16(11)20-17(23-14)19-15(21)9-10-22-13-7-5-12(18)6-8-13/h2-8H,9-10H2,1H3,(H,19,20,21). The third kappa shape index (κ3) is 4.09. The quantitative estimate of drug-likeness (QED) is 0.671. The number of aryl methyl sites for hydroxylation is 1. The molecule has 0 saturated carbocycles. The van der Waals surface area contributed by atoms with Crippen molar-refractivity contribution in [3.8, 4) is 0 Å². The highest BCUT2D eigenvalue weighted by molar-refractivity contribution is 7.99. The van der Waals surface area contributed by atoms with Crippen LogP contribution in [0.25, 0.3) is 10.2 Å². The van der Waals surface area contributed by atoms with Crippen LogP contribution in [0, 0.1) is 12.7 Å². The number of hydrogen-bond acceptors (Lipinski definition) is 4. The van der Waals surface area contributed by atoms with Crippen molar-refractivity contribution in [2.45, 2.75) is 18.2 Å². The van der Waals surface area contributed by atoms with Crippen molar-refractivity contribution < 1.29 is 9.18 Å². The lowest BCUT2D eigenvalue weighted by molar-refractivity contribution is -0.115. The molecule has 0 saturated heterocycles. The third-order valence-electron chi connectivity index (χ3n) is 3.28. The molecule has 1 heterocycles. The largest absolute Gasteiger partial charge is 0.302 e. The number of fused-ring (bicyclic) bond motifs is 1. The average Bonchev–Trinajstić information content (AvgIpc) is 2.93. The summed E-state index contributed by atoms with van der Waals surface area (Å²) in [5, 5.41) is 3.48. The summed E-state index contributed by atoms with van der Waals surface area (Å²) >= 11 is 3.01. The van der Waals surface area contributed by atoms with E-state index in [1.54, 1.807) is 12.1 Å². The van der Waals surface area contributed by atoms with Gasteiger partial charge in [0, 0.05) is 17.1 Å². The molecule has 3 nitrogen and oxygen atoms in total. The molecule has 1 amide bonds. The van der Waals surface area contributed by atoms with Gasteiger partial charge in [-0.15, -0.1) is 11.8 Å². The number of thiazole rings is 1. The van der Waals surface area contributed by atoms with Gasteiger partial charge in [0.1, 0.15) is 5.82 Å². The number of nitrogens with zero attached hydrogens (tertiary/aromatic N) is 1. The van der Waals surface area contributed by atoms with Crippen molar-refractivity contribution in [2.24, 2.45) is 0 Å². The van der Waals surface area contributed by atoms with E-state index in [4.69, 9.17) is 0 Å². The molecule has 0 radical (unpaired) electrons. The summed E-state index contributed by atoms with van der Waals surface area (Å²) in [5.74, 6) is 0.330. The number of benzene rings is 2. The fraction of sp³-hybridized carbons (Fsp3) is 0.176. The normalized spacial score (nSPS) is 10.9. The van der Waals surface area contributed by atoms with E-state index >= 15 is 0 Å². The number of aromatic nitrogens is 1. The van der Waals surface area contributed by atoms with Gasteiger partial charge in [-0.1, -0.05) is 23.5 Å². The molecular weight excluding hydrogens is 331 g/mol. The number of nitrogens with one attached hydrogen (secondary N) is 1. The topological polar surface area (TPSA) is 42.0 Å². The Morgan fingerprint density at radius 1 is 1.26 bits per heavy atom. The zero-order valence-electron chi connectivity index (χ0n) is 12.5. The highest BCUT2D eigenvalue weighted by Crippen LogP contribution is 2.28. The van der Waals surface area contributed by atoms with Gasteiger partial charge < -0.3 is 5.32 Å². The monoisotopic (exact) mass is 346 g/mol. The van der Waals surface area contributed by atoms with E-state index in [9.17, 15) is 9.18 Å². The summed E-state index contributed by atoms with van der Waals surface area (Å²) < 4.78 is 13.9. The van der Waals surface area contributed by atoms with Crippen molar-refractivity contribution in [3.05, 3.63) is 53.8 Å². The van der Waals surface area contributed by atoms with Crippen molar-refractivity contribution in [3.63, 3.8) is 0 Å². The molecule has 3 rings (SSSR count). The Labute approximate surface area is 141 Å². The Morgan fingerprint density at radius 2 is 2.04 bits per heavy atom. The van der Waals surface area contributed by atoms with Gasteiger partial charge in [-0.2, -0.15) is 0 Å². The molecule has 0 aliphatic carbocycles. The lowest BCUT2D eigenvalue weighted by atomic mass is 10.2. The smallest absolute Gasteiger partial charge is 0.226 e.